The number of amides is 2. The lowest BCUT2D eigenvalue weighted by Crippen LogP contribution is -2.30. The largest absolute Gasteiger partial charge is 0.377 e. The van der Waals surface area contributed by atoms with Crippen molar-refractivity contribution in [3.63, 3.8) is 0 Å². The third-order valence-corrected chi connectivity index (χ3v) is 7.28. The van der Waals surface area contributed by atoms with Gasteiger partial charge in [-0.2, -0.15) is 0 Å². The summed E-state index contributed by atoms with van der Waals surface area (Å²) in [4.78, 5) is 45.2. The normalized spacial score (nSPS) is 11.8. The molecule has 0 saturated heterocycles. The van der Waals surface area contributed by atoms with Crippen LogP contribution in [0.5, 0.6) is 0 Å². The lowest BCUT2D eigenvalue weighted by Gasteiger charge is -2.09. The third-order valence-electron chi connectivity index (χ3n) is 6.95. The molecule has 240 valence electrons. The molecule has 0 heterocycles. The van der Waals surface area contributed by atoms with Crippen LogP contribution in [0.1, 0.15) is 129 Å². The summed E-state index contributed by atoms with van der Waals surface area (Å²) >= 11 is 3.88. The Kier molecular flexibility index (Phi) is 30.3. The van der Waals surface area contributed by atoms with Gasteiger partial charge in [0.15, 0.2) is 0 Å². The first-order chi connectivity index (χ1) is 20.0. The summed E-state index contributed by atoms with van der Waals surface area (Å²) in [5, 5.41) is 5.66. The number of thiol groups is 1. The quantitative estimate of drug-likeness (QED) is 0.0472. The smallest absolute Gasteiger partial charge is 0.245 e. The number of hydrogen-bond donors (Lipinski definition) is 4. The molecule has 0 aromatic carbocycles. The van der Waals surface area contributed by atoms with Crippen LogP contribution in [0.3, 0.4) is 0 Å². The van der Waals surface area contributed by atoms with Crippen LogP contribution in [-0.2, 0) is 28.7 Å². The van der Waals surface area contributed by atoms with Crippen molar-refractivity contribution in [3.05, 3.63) is 0 Å². The predicted molar refractivity (Wildman–Crippen MR) is 168 cm³/mol. The number of carbonyl (C=O) groups is 4. The Morgan fingerprint density at radius 3 is 1.68 bits per heavy atom. The number of ketones is 1. The molecule has 0 aromatic heterocycles. The van der Waals surface area contributed by atoms with Gasteiger partial charge in [-0.3, -0.25) is 14.3 Å². The number of aldehydes is 1. The molecule has 0 rings (SSSR count). The summed E-state index contributed by atoms with van der Waals surface area (Å²) < 4.78 is 13.4. The van der Waals surface area contributed by atoms with E-state index in [4.69, 9.17) is 9.47 Å². The maximum atomic E-state index is 11.9. The molecule has 0 fully saturated rings. The summed E-state index contributed by atoms with van der Waals surface area (Å²) in [6, 6.07) is -0.256. The van der Waals surface area contributed by atoms with Crippen molar-refractivity contribution < 1.29 is 28.7 Å². The van der Waals surface area contributed by atoms with Gasteiger partial charge >= 0.3 is 0 Å². The van der Waals surface area contributed by atoms with Gasteiger partial charge in [0.1, 0.15) is 18.7 Å². The van der Waals surface area contributed by atoms with Gasteiger partial charge in [0, 0.05) is 25.9 Å². The van der Waals surface area contributed by atoms with E-state index < -0.39 is 0 Å². The van der Waals surface area contributed by atoms with Gasteiger partial charge in [0.05, 0.1) is 25.9 Å². The van der Waals surface area contributed by atoms with Gasteiger partial charge in [-0.15, -0.1) is 0 Å². The van der Waals surface area contributed by atoms with Gasteiger partial charge in [0.2, 0.25) is 11.8 Å². The monoisotopic (exact) mass is 601 g/mol. The van der Waals surface area contributed by atoms with E-state index >= 15 is 0 Å². The molecule has 0 aromatic rings. The minimum atomic E-state index is -0.256. The standard InChI is InChI=1S/C31H59N3O6S/c1-28(36)18-14-12-10-8-6-4-2-3-5-7-9-11-13-15-20-30(37)33-22-23-39-24-25-40-27-31(38)32-21-17-16-19-29(26-35)34-41/h26,29,34,41H,2-25,27H2,1H3,(H,32,38)(H,33,37). The van der Waals surface area contributed by atoms with E-state index in [1.54, 1.807) is 6.92 Å². The van der Waals surface area contributed by atoms with E-state index in [1.807, 2.05) is 0 Å². The highest BCUT2D eigenvalue weighted by atomic mass is 32.1. The average molecular weight is 602 g/mol. The van der Waals surface area contributed by atoms with E-state index in [0.717, 1.165) is 44.8 Å². The molecule has 9 nitrogen and oxygen atoms in total. The van der Waals surface area contributed by atoms with Crippen molar-refractivity contribution in [1.29, 1.82) is 0 Å². The zero-order valence-corrected chi connectivity index (χ0v) is 26.6. The van der Waals surface area contributed by atoms with Crippen molar-refractivity contribution in [2.45, 2.75) is 135 Å². The second-order valence-electron chi connectivity index (χ2n) is 10.9. The molecule has 0 aliphatic rings. The van der Waals surface area contributed by atoms with Crippen LogP contribution in [-0.4, -0.2) is 69.4 Å². The maximum Gasteiger partial charge on any atom is 0.245 e. The highest BCUT2D eigenvalue weighted by Gasteiger charge is 2.05. The van der Waals surface area contributed by atoms with E-state index in [-0.39, 0.29) is 24.5 Å². The fraction of sp³-hybridized carbons (Fsp3) is 0.871. The Morgan fingerprint density at radius 2 is 1.15 bits per heavy atom. The topological polar surface area (TPSA) is 123 Å². The van der Waals surface area contributed by atoms with E-state index in [1.165, 1.54) is 70.6 Å². The zero-order valence-electron chi connectivity index (χ0n) is 25.7. The van der Waals surface area contributed by atoms with Crippen LogP contribution in [0.4, 0.5) is 0 Å². The van der Waals surface area contributed by atoms with Crippen molar-refractivity contribution in [2.75, 3.05) is 39.5 Å². The Morgan fingerprint density at radius 1 is 0.634 bits per heavy atom. The molecule has 10 heteroatoms. The van der Waals surface area contributed by atoms with Crippen molar-refractivity contribution in [1.82, 2.24) is 15.4 Å². The van der Waals surface area contributed by atoms with Crippen LogP contribution in [0.15, 0.2) is 0 Å². The lowest BCUT2D eigenvalue weighted by molar-refractivity contribution is -0.126. The summed E-state index contributed by atoms with van der Waals surface area (Å²) in [7, 11) is 0. The second kappa shape index (κ2) is 31.4. The number of carbonyl (C=O) groups excluding carboxylic acids is 4. The molecule has 1 unspecified atom stereocenters. The number of unbranched alkanes of at least 4 members (excludes halogenated alkanes) is 14. The van der Waals surface area contributed by atoms with Crippen molar-refractivity contribution in [3.8, 4) is 0 Å². The van der Waals surface area contributed by atoms with Gasteiger partial charge in [-0.1, -0.05) is 89.9 Å². The first kappa shape index (κ1) is 39.5. The van der Waals surface area contributed by atoms with Crippen LogP contribution in [0, 0.1) is 0 Å². The highest BCUT2D eigenvalue weighted by molar-refractivity contribution is 7.78. The molecule has 0 bridgehead atoms. The van der Waals surface area contributed by atoms with E-state index in [9.17, 15) is 19.2 Å². The average Bonchev–Trinajstić information content (AvgIpc) is 2.95. The highest BCUT2D eigenvalue weighted by Crippen LogP contribution is 2.13. The van der Waals surface area contributed by atoms with Crippen LogP contribution >= 0.6 is 12.8 Å². The predicted octanol–water partition coefficient (Wildman–Crippen LogP) is 5.25. The second-order valence-corrected chi connectivity index (χ2v) is 11.1. The molecule has 3 N–H and O–H groups in total. The maximum absolute atomic E-state index is 11.9. The molecule has 0 saturated carbocycles. The number of hydrogen-bond acceptors (Lipinski definition) is 8. The van der Waals surface area contributed by atoms with E-state index in [0.29, 0.717) is 51.5 Å². The number of ether oxygens (including phenoxy) is 2. The van der Waals surface area contributed by atoms with Crippen molar-refractivity contribution >= 4 is 36.7 Å². The molecular weight excluding hydrogens is 542 g/mol. The molecule has 0 spiro atoms. The fourth-order valence-electron chi connectivity index (χ4n) is 4.45. The molecule has 1 atom stereocenters. The number of nitrogens with one attached hydrogen (secondary N) is 3. The molecule has 41 heavy (non-hydrogen) atoms. The Bertz CT molecular complexity index is 653. The Hall–Kier alpha value is -1.49. The zero-order chi connectivity index (χ0) is 30.2. The van der Waals surface area contributed by atoms with Gasteiger partial charge in [-0.05, 0) is 39.0 Å². The molecule has 0 aliphatic carbocycles. The van der Waals surface area contributed by atoms with Crippen molar-refractivity contribution in [2.24, 2.45) is 0 Å². The molecule has 0 radical (unpaired) electrons. The summed E-state index contributed by atoms with van der Waals surface area (Å²) in [5.74, 6) is 0.212. The number of rotatable bonds is 32. The molecule has 2 amide bonds. The minimum absolute atomic E-state index is 0.0132. The minimum Gasteiger partial charge on any atom is -0.377 e. The molecule has 0 aliphatic heterocycles. The van der Waals surface area contributed by atoms with Crippen LogP contribution in [0.2, 0.25) is 0 Å². The Balaban J connectivity index is 3.28. The van der Waals surface area contributed by atoms with E-state index in [2.05, 4.69) is 28.2 Å². The van der Waals surface area contributed by atoms with Gasteiger partial charge < -0.3 is 29.7 Å². The first-order valence-corrected chi connectivity index (χ1v) is 16.5. The summed E-state index contributed by atoms with van der Waals surface area (Å²) in [6.07, 6.45) is 21.7. The first-order valence-electron chi connectivity index (χ1n) is 16.0. The van der Waals surface area contributed by atoms with Crippen LogP contribution in [0.25, 0.3) is 0 Å². The van der Waals surface area contributed by atoms with Gasteiger partial charge in [0.25, 0.3) is 0 Å². The molecular formula is C31H59N3O6S. The third kappa shape index (κ3) is 31.3. The number of Topliss-reactive ketones (excluding diaryl/α,β-unsaturated/α-hetero) is 1. The Labute approximate surface area is 255 Å². The fourth-order valence-corrected chi connectivity index (χ4v) is 4.64. The lowest BCUT2D eigenvalue weighted by atomic mass is 10.0. The van der Waals surface area contributed by atoms with Crippen LogP contribution < -0.4 is 15.4 Å². The SMILES string of the molecule is CC(=O)CCCCCCCCCCCCCCCCC(=O)NCCOCCOCC(=O)NCCCCC(C=O)NS. The summed E-state index contributed by atoms with van der Waals surface area (Å²) in [6.45, 7) is 3.80. The summed E-state index contributed by atoms with van der Waals surface area (Å²) in [5.41, 5.74) is 0. The van der Waals surface area contributed by atoms with Gasteiger partial charge in [-0.25, -0.2) is 0 Å².